The molecule has 2 aromatic rings. The molecule has 5 nitrogen and oxygen atoms in total. The van der Waals surface area contributed by atoms with E-state index in [1.807, 2.05) is 50.2 Å². The molecule has 2 aromatic carbocycles. The minimum Gasteiger partial charge on any atom is -0.494 e. The number of anilines is 2. The number of ether oxygens (including phenoxy) is 1. The molecule has 1 aliphatic heterocycles. The highest BCUT2D eigenvalue weighted by molar-refractivity contribution is 6.03. The van der Waals surface area contributed by atoms with Gasteiger partial charge in [-0.1, -0.05) is 18.2 Å². The van der Waals surface area contributed by atoms with Crippen LogP contribution in [0.4, 0.5) is 11.4 Å². The summed E-state index contributed by atoms with van der Waals surface area (Å²) in [6.45, 7) is 4.90. The van der Waals surface area contributed by atoms with Crippen molar-refractivity contribution in [2.45, 2.75) is 20.3 Å². The second-order valence-corrected chi connectivity index (χ2v) is 6.14. The number of hydrogen-bond donors (Lipinski definition) is 1. The van der Waals surface area contributed by atoms with Crippen molar-refractivity contribution in [1.29, 1.82) is 0 Å². The molecule has 0 aliphatic carbocycles. The minimum atomic E-state index is -0.348. The van der Waals surface area contributed by atoms with Crippen molar-refractivity contribution in [2.24, 2.45) is 5.92 Å². The molecule has 3 rings (SSSR count). The summed E-state index contributed by atoms with van der Waals surface area (Å²) in [5, 5.41) is 2.89. The van der Waals surface area contributed by atoms with E-state index in [0.717, 1.165) is 17.0 Å². The van der Waals surface area contributed by atoms with Crippen LogP contribution in [0.1, 0.15) is 18.9 Å². The third-order valence-electron chi connectivity index (χ3n) is 4.33. The minimum absolute atomic E-state index is 0.0128. The molecule has 1 atom stereocenters. The van der Waals surface area contributed by atoms with Gasteiger partial charge in [0.2, 0.25) is 11.8 Å². The van der Waals surface area contributed by atoms with Crippen LogP contribution in [0.25, 0.3) is 0 Å². The van der Waals surface area contributed by atoms with Gasteiger partial charge in [0, 0.05) is 24.3 Å². The number of benzene rings is 2. The van der Waals surface area contributed by atoms with Gasteiger partial charge in [-0.2, -0.15) is 0 Å². The van der Waals surface area contributed by atoms with Crippen molar-refractivity contribution < 1.29 is 14.3 Å². The van der Waals surface area contributed by atoms with Crippen molar-refractivity contribution in [1.82, 2.24) is 0 Å². The summed E-state index contributed by atoms with van der Waals surface area (Å²) < 4.78 is 5.39. The number of rotatable bonds is 5. The normalized spacial score (nSPS) is 16.8. The van der Waals surface area contributed by atoms with E-state index in [-0.39, 0.29) is 24.2 Å². The summed E-state index contributed by atoms with van der Waals surface area (Å²) in [5.41, 5.74) is 2.61. The van der Waals surface area contributed by atoms with Gasteiger partial charge in [-0.3, -0.25) is 9.59 Å². The first-order chi connectivity index (χ1) is 12.1. The average Bonchev–Trinajstić information content (AvgIpc) is 2.99. The molecular formula is C20H22N2O3. The molecule has 0 bridgehead atoms. The van der Waals surface area contributed by atoms with Crippen molar-refractivity contribution >= 4 is 23.2 Å². The standard InChI is InChI=1S/C20H22N2O3/c1-3-25-17-10-8-16(9-11-17)21-20(24)15-12-19(23)22(13-15)18-7-5-4-6-14(18)2/h4-11,15H,3,12-13H2,1-2H3,(H,21,24)/t15-/m1/s1. The molecule has 5 heteroatoms. The highest BCUT2D eigenvalue weighted by Gasteiger charge is 2.35. The molecule has 1 heterocycles. The van der Waals surface area contributed by atoms with Gasteiger partial charge in [0.1, 0.15) is 5.75 Å². The zero-order valence-corrected chi connectivity index (χ0v) is 14.5. The fraction of sp³-hybridized carbons (Fsp3) is 0.300. The van der Waals surface area contributed by atoms with Crippen molar-refractivity contribution in [3.63, 3.8) is 0 Å². The maximum Gasteiger partial charge on any atom is 0.229 e. The summed E-state index contributed by atoms with van der Waals surface area (Å²) in [5.74, 6) is 0.274. The van der Waals surface area contributed by atoms with Gasteiger partial charge in [0.25, 0.3) is 0 Å². The van der Waals surface area contributed by atoms with Gasteiger partial charge >= 0.3 is 0 Å². The number of aryl methyl sites for hydroxylation is 1. The molecule has 2 amide bonds. The highest BCUT2D eigenvalue weighted by atomic mass is 16.5. The van der Waals surface area contributed by atoms with E-state index in [9.17, 15) is 9.59 Å². The topological polar surface area (TPSA) is 58.6 Å². The molecule has 25 heavy (non-hydrogen) atoms. The van der Waals surface area contributed by atoms with E-state index in [1.165, 1.54) is 0 Å². The quantitative estimate of drug-likeness (QED) is 0.909. The van der Waals surface area contributed by atoms with Gasteiger partial charge in [0.05, 0.1) is 12.5 Å². The molecule has 1 saturated heterocycles. The summed E-state index contributed by atoms with van der Waals surface area (Å²) in [4.78, 5) is 26.6. The van der Waals surface area contributed by atoms with Gasteiger partial charge in [0.15, 0.2) is 0 Å². The number of nitrogens with one attached hydrogen (secondary N) is 1. The van der Waals surface area contributed by atoms with E-state index in [2.05, 4.69) is 5.32 Å². The Morgan fingerprint density at radius 3 is 2.60 bits per heavy atom. The zero-order valence-electron chi connectivity index (χ0n) is 14.5. The van der Waals surface area contributed by atoms with Crippen molar-refractivity contribution in [3.8, 4) is 5.75 Å². The van der Waals surface area contributed by atoms with Gasteiger partial charge in [-0.25, -0.2) is 0 Å². The third kappa shape index (κ3) is 3.82. The van der Waals surface area contributed by atoms with Crippen LogP contribution in [0, 0.1) is 12.8 Å². The monoisotopic (exact) mass is 338 g/mol. The Morgan fingerprint density at radius 2 is 1.92 bits per heavy atom. The van der Waals surface area contributed by atoms with Crippen LogP contribution in [0.15, 0.2) is 48.5 Å². The number of nitrogens with zero attached hydrogens (tertiary/aromatic N) is 1. The lowest BCUT2D eigenvalue weighted by Gasteiger charge is -2.19. The van der Waals surface area contributed by atoms with Crippen molar-refractivity contribution in [2.75, 3.05) is 23.4 Å². The Labute approximate surface area is 147 Å². The smallest absolute Gasteiger partial charge is 0.229 e. The lowest BCUT2D eigenvalue weighted by molar-refractivity contribution is -0.122. The fourth-order valence-corrected chi connectivity index (χ4v) is 3.03. The van der Waals surface area contributed by atoms with Gasteiger partial charge in [-0.15, -0.1) is 0 Å². The number of carbonyl (C=O) groups excluding carboxylic acids is 2. The Balaban J connectivity index is 1.65. The second-order valence-electron chi connectivity index (χ2n) is 6.14. The van der Waals surface area contributed by atoms with Crippen molar-refractivity contribution in [3.05, 3.63) is 54.1 Å². The Hall–Kier alpha value is -2.82. The summed E-state index contributed by atoms with van der Waals surface area (Å²) in [7, 11) is 0. The number of carbonyl (C=O) groups is 2. The fourth-order valence-electron chi connectivity index (χ4n) is 3.03. The van der Waals surface area contributed by atoms with E-state index in [1.54, 1.807) is 17.0 Å². The lowest BCUT2D eigenvalue weighted by atomic mass is 10.1. The first-order valence-electron chi connectivity index (χ1n) is 8.48. The van der Waals surface area contributed by atoms with Crippen LogP contribution in [-0.2, 0) is 9.59 Å². The van der Waals surface area contributed by atoms with Crippen LogP contribution in [-0.4, -0.2) is 25.0 Å². The Kier molecular flexibility index (Phi) is 5.03. The van der Waals surface area contributed by atoms with Crippen LogP contribution in [0.5, 0.6) is 5.75 Å². The summed E-state index contributed by atoms with van der Waals surface area (Å²) >= 11 is 0. The van der Waals surface area contributed by atoms with E-state index < -0.39 is 0 Å². The van der Waals surface area contributed by atoms with Crippen LogP contribution in [0.2, 0.25) is 0 Å². The summed E-state index contributed by atoms with van der Waals surface area (Å²) in [6.07, 6.45) is 0.233. The first kappa shape index (κ1) is 17.0. The molecular weight excluding hydrogens is 316 g/mol. The predicted molar refractivity (Wildman–Crippen MR) is 97.9 cm³/mol. The lowest BCUT2D eigenvalue weighted by Crippen LogP contribution is -2.28. The Morgan fingerprint density at radius 1 is 1.20 bits per heavy atom. The van der Waals surface area contributed by atoms with E-state index >= 15 is 0 Å². The molecule has 130 valence electrons. The molecule has 0 spiro atoms. The Bertz CT molecular complexity index is 771. The van der Waals surface area contributed by atoms with E-state index in [0.29, 0.717) is 18.8 Å². The maximum atomic E-state index is 12.5. The molecule has 0 aromatic heterocycles. The second kappa shape index (κ2) is 7.38. The van der Waals surface area contributed by atoms with Crippen LogP contribution in [0.3, 0.4) is 0 Å². The first-order valence-corrected chi connectivity index (χ1v) is 8.48. The van der Waals surface area contributed by atoms with Gasteiger partial charge < -0.3 is 15.0 Å². The highest BCUT2D eigenvalue weighted by Crippen LogP contribution is 2.28. The summed E-state index contributed by atoms with van der Waals surface area (Å²) in [6, 6.07) is 15.0. The number of amides is 2. The largest absolute Gasteiger partial charge is 0.494 e. The maximum absolute atomic E-state index is 12.5. The zero-order chi connectivity index (χ0) is 17.8. The SMILES string of the molecule is CCOc1ccc(NC(=O)[C@@H]2CC(=O)N(c3ccccc3C)C2)cc1. The van der Waals surface area contributed by atoms with Crippen LogP contribution >= 0.6 is 0 Å². The molecule has 1 aliphatic rings. The molecule has 1 N–H and O–H groups in total. The molecule has 0 radical (unpaired) electrons. The van der Waals surface area contributed by atoms with Gasteiger partial charge in [-0.05, 0) is 49.7 Å². The molecule has 0 saturated carbocycles. The number of hydrogen-bond acceptors (Lipinski definition) is 3. The average molecular weight is 338 g/mol. The van der Waals surface area contributed by atoms with E-state index in [4.69, 9.17) is 4.74 Å². The molecule has 0 unspecified atom stereocenters. The van der Waals surface area contributed by atoms with Crippen LogP contribution < -0.4 is 15.0 Å². The predicted octanol–water partition coefficient (Wildman–Crippen LogP) is 3.39. The number of para-hydroxylation sites is 1. The third-order valence-corrected chi connectivity index (χ3v) is 4.33. The molecule has 1 fully saturated rings.